The summed E-state index contributed by atoms with van der Waals surface area (Å²) in [6.07, 6.45) is 2.56. The van der Waals surface area contributed by atoms with Crippen LogP contribution in [-0.2, 0) is 0 Å². The van der Waals surface area contributed by atoms with Gasteiger partial charge in [0.05, 0.1) is 15.2 Å². The third kappa shape index (κ3) is 3.10. The Morgan fingerprint density at radius 2 is 2.06 bits per heavy atom. The number of benzene rings is 1. The zero-order chi connectivity index (χ0) is 10.1. The summed E-state index contributed by atoms with van der Waals surface area (Å²) in [6.45, 7) is 2.27. The lowest BCUT2D eigenvalue weighted by Gasteiger charge is -2.20. The maximum Gasteiger partial charge on any atom is 0.0982 e. The Labute approximate surface area is 118 Å². The van der Waals surface area contributed by atoms with Gasteiger partial charge >= 0.3 is 0 Å². The molecule has 1 aromatic carbocycles. The molecular formula is C12H16Cl2N2S. The monoisotopic (exact) mass is 290 g/mol. The van der Waals surface area contributed by atoms with Crippen LogP contribution in [0.2, 0.25) is 0 Å². The van der Waals surface area contributed by atoms with Gasteiger partial charge in [0.15, 0.2) is 0 Å². The van der Waals surface area contributed by atoms with Crippen molar-refractivity contribution in [3.8, 4) is 0 Å². The molecule has 1 aliphatic heterocycles. The molecule has 0 bridgehead atoms. The molecule has 1 aliphatic rings. The summed E-state index contributed by atoms with van der Waals surface area (Å²) in [5, 5.41) is 4.75. The van der Waals surface area contributed by atoms with Crippen LogP contribution in [0.4, 0.5) is 0 Å². The van der Waals surface area contributed by atoms with E-state index in [2.05, 4.69) is 29.6 Å². The van der Waals surface area contributed by atoms with E-state index >= 15 is 0 Å². The molecule has 17 heavy (non-hydrogen) atoms. The summed E-state index contributed by atoms with van der Waals surface area (Å²) in [5.74, 6) is 0.635. The minimum Gasteiger partial charge on any atom is -0.316 e. The molecule has 1 saturated heterocycles. The van der Waals surface area contributed by atoms with Crippen molar-refractivity contribution in [2.24, 2.45) is 0 Å². The second-order valence-corrected chi connectivity index (χ2v) is 5.13. The summed E-state index contributed by atoms with van der Waals surface area (Å²) in [6, 6.07) is 8.41. The maximum absolute atomic E-state index is 4.71. The number of piperidine rings is 1. The Bertz CT molecular complexity index is 433. The molecule has 0 saturated carbocycles. The number of aromatic nitrogens is 1. The number of thiazole rings is 1. The van der Waals surface area contributed by atoms with Crippen LogP contribution in [0.15, 0.2) is 24.3 Å². The van der Waals surface area contributed by atoms with Crippen molar-refractivity contribution in [2.45, 2.75) is 18.8 Å². The number of nitrogens with one attached hydrogen (secondary N) is 1. The van der Waals surface area contributed by atoms with Gasteiger partial charge in [0.2, 0.25) is 0 Å². The topological polar surface area (TPSA) is 24.9 Å². The van der Waals surface area contributed by atoms with Crippen molar-refractivity contribution < 1.29 is 0 Å². The molecular weight excluding hydrogens is 275 g/mol. The first-order valence-corrected chi connectivity index (χ1v) is 6.31. The Kier molecular flexibility index (Phi) is 5.67. The SMILES string of the molecule is Cl.Cl.c1ccc2sc(C3CCCNC3)nc2c1. The normalized spacial score (nSPS) is 19.4. The van der Waals surface area contributed by atoms with Crippen LogP contribution in [0.3, 0.4) is 0 Å². The Morgan fingerprint density at radius 3 is 2.76 bits per heavy atom. The first-order chi connectivity index (χ1) is 7.43. The van der Waals surface area contributed by atoms with Crippen LogP contribution in [0.5, 0.6) is 0 Å². The number of nitrogens with zero attached hydrogens (tertiary/aromatic N) is 1. The minimum absolute atomic E-state index is 0. The van der Waals surface area contributed by atoms with E-state index in [-0.39, 0.29) is 24.8 Å². The Balaban J connectivity index is 0.000000722. The third-order valence-electron chi connectivity index (χ3n) is 2.96. The fraction of sp³-hybridized carbons (Fsp3) is 0.417. The fourth-order valence-electron chi connectivity index (χ4n) is 2.13. The highest BCUT2D eigenvalue weighted by Gasteiger charge is 2.18. The van der Waals surface area contributed by atoms with Crippen molar-refractivity contribution in [3.63, 3.8) is 0 Å². The molecule has 94 valence electrons. The molecule has 0 amide bonds. The van der Waals surface area contributed by atoms with E-state index in [1.807, 2.05) is 11.3 Å². The summed E-state index contributed by atoms with van der Waals surface area (Å²) in [7, 11) is 0. The van der Waals surface area contributed by atoms with Crippen LogP contribution in [0.1, 0.15) is 23.8 Å². The first kappa shape index (κ1) is 14.7. The number of para-hydroxylation sites is 1. The van der Waals surface area contributed by atoms with Crippen molar-refractivity contribution in [1.29, 1.82) is 0 Å². The second-order valence-electron chi connectivity index (χ2n) is 4.06. The van der Waals surface area contributed by atoms with Crippen molar-refractivity contribution in [2.75, 3.05) is 13.1 Å². The first-order valence-electron chi connectivity index (χ1n) is 5.50. The molecule has 5 heteroatoms. The van der Waals surface area contributed by atoms with Crippen LogP contribution in [0, 0.1) is 0 Å². The van der Waals surface area contributed by atoms with Gasteiger partial charge < -0.3 is 5.32 Å². The lowest BCUT2D eigenvalue weighted by atomic mass is 10.0. The predicted octanol–water partition coefficient (Wildman–Crippen LogP) is 3.61. The van der Waals surface area contributed by atoms with Gasteiger partial charge in [0, 0.05) is 12.5 Å². The van der Waals surface area contributed by atoms with E-state index in [1.165, 1.54) is 29.1 Å². The van der Waals surface area contributed by atoms with Gasteiger partial charge in [-0.3, -0.25) is 0 Å². The van der Waals surface area contributed by atoms with Crippen LogP contribution in [0.25, 0.3) is 10.2 Å². The zero-order valence-electron chi connectivity index (χ0n) is 9.39. The van der Waals surface area contributed by atoms with E-state index in [1.54, 1.807) is 0 Å². The molecule has 3 rings (SSSR count). The van der Waals surface area contributed by atoms with Gasteiger partial charge in [-0.25, -0.2) is 4.98 Å². The lowest BCUT2D eigenvalue weighted by Crippen LogP contribution is -2.28. The van der Waals surface area contributed by atoms with E-state index in [0.29, 0.717) is 5.92 Å². The summed E-state index contributed by atoms with van der Waals surface area (Å²) in [5.41, 5.74) is 1.16. The van der Waals surface area contributed by atoms with E-state index in [9.17, 15) is 0 Å². The molecule has 1 N–H and O–H groups in total. The van der Waals surface area contributed by atoms with Gasteiger partial charge in [0.1, 0.15) is 0 Å². The molecule has 0 radical (unpaired) electrons. The molecule has 1 fully saturated rings. The highest BCUT2D eigenvalue weighted by molar-refractivity contribution is 7.18. The van der Waals surface area contributed by atoms with Crippen LogP contribution >= 0.6 is 36.2 Å². The van der Waals surface area contributed by atoms with Gasteiger partial charge in [-0.15, -0.1) is 36.2 Å². The molecule has 1 aromatic heterocycles. The average molecular weight is 291 g/mol. The average Bonchev–Trinajstić information content (AvgIpc) is 2.74. The Hall–Kier alpha value is -0.350. The molecule has 2 heterocycles. The molecule has 0 spiro atoms. The summed E-state index contributed by atoms with van der Waals surface area (Å²) < 4.78 is 1.32. The number of hydrogen-bond donors (Lipinski definition) is 1. The molecule has 1 atom stereocenters. The largest absolute Gasteiger partial charge is 0.316 e. The quantitative estimate of drug-likeness (QED) is 0.868. The fourth-order valence-corrected chi connectivity index (χ4v) is 3.23. The molecule has 2 aromatic rings. The number of rotatable bonds is 1. The summed E-state index contributed by atoms with van der Waals surface area (Å²) >= 11 is 1.85. The van der Waals surface area contributed by atoms with E-state index in [0.717, 1.165) is 12.1 Å². The molecule has 1 unspecified atom stereocenters. The molecule has 2 nitrogen and oxygen atoms in total. The standard InChI is InChI=1S/C12H14N2S.2ClH/c1-2-6-11-10(5-1)14-12(15-11)9-4-3-7-13-8-9;;/h1-2,5-6,9,13H,3-4,7-8H2;2*1H. The zero-order valence-corrected chi connectivity index (χ0v) is 11.8. The Morgan fingerprint density at radius 1 is 1.24 bits per heavy atom. The van der Waals surface area contributed by atoms with Crippen molar-refractivity contribution in [1.82, 2.24) is 10.3 Å². The van der Waals surface area contributed by atoms with Gasteiger partial charge in [-0.2, -0.15) is 0 Å². The van der Waals surface area contributed by atoms with Gasteiger partial charge in [-0.05, 0) is 31.5 Å². The molecule has 0 aliphatic carbocycles. The van der Waals surface area contributed by atoms with Crippen LogP contribution in [-0.4, -0.2) is 18.1 Å². The number of halogens is 2. The predicted molar refractivity (Wildman–Crippen MR) is 79.0 cm³/mol. The smallest absolute Gasteiger partial charge is 0.0982 e. The highest BCUT2D eigenvalue weighted by Crippen LogP contribution is 2.30. The highest BCUT2D eigenvalue weighted by atomic mass is 35.5. The minimum atomic E-state index is 0. The van der Waals surface area contributed by atoms with Crippen molar-refractivity contribution in [3.05, 3.63) is 29.3 Å². The summed E-state index contributed by atoms with van der Waals surface area (Å²) in [4.78, 5) is 4.71. The van der Waals surface area contributed by atoms with Crippen LogP contribution < -0.4 is 5.32 Å². The van der Waals surface area contributed by atoms with Gasteiger partial charge in [-0.1, -0.05) is 12.1 Å². The second kappa shape index (κ2) is 6.55. The maximum atomic E-state index is 4.71. The number of hydrogen-bond acceptors (Lipinski definition) is 3. The van der Waals surface area contributed by atoms with Crippen molar-refractivity contribution >= 4 is 46.4 Å². The third-order valence-corrected chi connectivity index (χ3v) is 4.16. The van der Waals surface area contributed by atoms with E-state index in [4.69, 9.17) is 4.98 Å². The number of fused-ring (bicyclic) bond motifs is 1. The van der Waals surface area contributed by atoms with E-state index < -0.39 is 0 Å². The lowest BCUT2D eigenvalue weighted by molar-refractivity contribution is 0.461. The van der Waals surface area contributed by atoms with Gasteiger partial charge in [0.25, 0.3) is 0 Å².